The number of aliphatic hydroxyl groups excluding tert-OH is 1. The standard InChI is InChI=1S/C12H17BrN2O3/c13-10-6-9(7-11(14)8-10)12(17)15-2-1-4-18-5-3-16/h6-8,16H,1-5,14H2,(H,15,17). The van der Waals surface area contributed by atoms with Gasteiger partial charge < -0.3 is 20.9 Å². The van der Waals surface area contributed by atoms with Crippen molar-refractivity contribution in [2.75, 3.05) is 32.1 Å². The highest BCUT2D eigenvalue weighted by Gasteiger charge is 2.06. The van der Waals surface area contributed by atoms with Crippen molar-refractivity contribution in [2.24, 2.45) is 0 Å². The molecule has 0 aliphatic rings. The Morgan fingerprint density at radius 2 is 2.17 bits per heavy atom. The van der Waals surface area contributed by atoms with E-state index in [1.807, 2.05) is 0 Å². The van der Waals surface area contributed by atoms with Crippen LogP contribution in [-0.4, -0.2) is 37.4 Å². The molecule has 0 aliphatic heterocycles. The first-order valence-corrected chi connectivity index (χ1v) is 6.45. The summed E-state index contributed by atoms with van der Waals surface area (Å²) < 4.78 is 5.86. The third kappa shape index (κ3) is 5.48. The lowest BCUT2D eigenvalue weighted by atomic mass is 10.2. The second kappa shape index (κ2) is 8.07. The normalized spacial score (nSPS) is 10.3. The fourth-order valence-electron chi connectivity index (χ4n) is 1.39. The number of carbonyl (C=O) groups is 1. The summed E-state index contributed by atoms with van der Waals surface area (Å²) >= 11 is 3.29. The molecule has 0 heterocycles. The average molecular weight is 317 g/mol. The first kappa shape index (κ1) is 14.9. The average Bonchev–Trinajstić information content (AvgIpc) is 2.32. The monoisotopic (exact) mass is 316 g/mol. The summed E-state index contributed by atoms with van der Waals surface area (Å²) in [5.41, 5.74) is 6.72. The van der Waals surface area contributed by atoms with Crippen molar-refractivity contribution < 1.29 is 14.6 Å². The van der Waals surface area contributed by atoms with Gasteiger partial charge in [0.2, 0.25) is 0 Å². The summed E-state index contributed by atoms with van der Waals surface area (Å²) in [5, 5.41) is 11.3. The van der Waals surface area contributed by atoms with Crippen LogP contribution >= 0.6 is 15.9 Å². The molecule has 0 atom stereocenters. The molecule has 0 bridgehead atoms. The molecule has 0 saturated heterocycles. The van der Waals surface area contributed by atoms with Gasteiger partial charge in [-0.25, -0.2) is 0 Å². The second-order valence-electron chi connectivity index (χ2n) is 3.72. The van der Waals surface area contributed by atoms with Crippen molar-refractivity contribution in [3.63, 3.8) is 0 Å². The molecule has 4 N–H and O–H groups in total. The van der Waals surface area contributed by atoms with Gasteiger partial charge >= 0.3 is 0 Å². The first-order valence-electron chi connectivity index (χ1n) is 5.66. The lowest BCUT2D eigenvalue weighted by Crippen LogP contribution is -2.25. The first-order chi connectivity index (χ1) is 8.63. The van der Waals surface area contributed by atoms with Gasteiger partial charge in [-0.05, 0) is 24.6 Å². The van der Waals surface area contributed by atoms with E-state index in [4.69, 9.17) is 15.6 Å². The SMILES string of the molecule is Nc1cc(Br)cc(C(=O)NCCCOCCO)c1. The van der Waals surface area contributed by atoms with Crippen molar-refractivity contribution in [3.05, 3.63) is 28.2 Å². The number of amides is 1. The minimum atomic E-state index is -0.162. The quantitative estimate of drug-likeness (QED) is 0.520. The molecule has 1 rings (SSSR count). The molecule has 6 heteroatoms. The van der Waals surface area contributed by atoms with E-state index < -0.39 is 0 Å². The highest BCUT2D eigenvalue weighted by molar-refractivity contribution is 9.10. The van der Waals surface area contributed by atoms with Gasteiger partial charge in [0.05, 0.1) is 13.2 Å². The number of halogens is 1. The molecule has 5 nitrogen and oxygen atoms in total. The lowest BCUT2D eigenvalue weighted by molar-refractivity contribution is 0.0867. The number of anilines is 1. The molecular formula is C12H17BrN2O3. The molecule has 1 aromatic rings. The molecule has 1 amide bonds. The number of hydrogen-bond acceptors (Lipinski definition) is 4. The minimum Gasteiger partial charge on any atom is -0.399 e. The third-order valence-corrected chi connectivity index (χ3v) is 2.63. The summed E-state index contributed by atoms with van der Waals surface area (Å²) in [6, 6.07) is 5.08. The van der Waals surface area contributed by atoms with Crippen LogP contribution in [0.3, 0.4) is 0 Å². The minimum absolute atomic E-state index is 0.0175. The van der Waals surface area contributed by atoms with Crippen molar-refractivity contribution >= 4 is 27.5 Å². The Bertz CT molecular complexity index is 379. The van der Waals surface area contributed by atoms with Gasteiger partial charge in [0, 0.05) is 28.9 Å². The Hall–Kier alpha value is -1.11. The maximum absolute atomic E-state index is 11.8. The summed E-state index contributed by atoms with van der Waals surface area (Å²) in [4.78, 5) is 11.8. The Labute approximate surface area is 114 Å². The Morgan fingerprint density at radius 1 is 1.39 bits per heavy atom. The van der Waals surface area contributed by atoms with Gasteiger partial charge in [0.25, 0.3) is 5.91 Å². The summed E-state index contributed by atoms with van der Waals surface area (Å²) in [6.07, 6.45) is 0.704. The van der Waals surface area contributed by atoms with E-state index >= 15 is 0 Å². The number of nitrogens with one attached hydrogen (secondary N) is 1. The number of nitrogen functional groups attached to an aromatic ring is 1. The molecule has 0 unspecified atom stereocenters. The Balaban J connectivity index is 2.32. The summed E-state index contributed by atoms with van der Waals surface area (Å²) in [7, 11) is 0. The van der Waals surface area contributed by atoms with Crippen LogP contribution in [-0.2, 0) is 4.74 Å². The topological polar surface area (TPSA) is 84.6 Å². The van der Waals surface area contributed by atoms with E-state index in [2.05, 4.69) is 21.2 Å². The van der Waals surface area contributed by atoms with Crippen LogP contribution in [0, 0.1) is 0 Å². The predicted octanol–water partition coefficient (Wildman–Crippen LogP) is 1.16. The maximum atomic E-state index is 11.8. The van der Waals surface area contributed by atoms with E-state index in [0.717, 1.165) is 4.47 Å². The molecule has 0 aliphatic carbocycles. The summed E-state index contributed by atoms with van der Waals surface area (Å²) in [5.74, 6) is -0.162. The van der Waals surface area contributed by atoms with E-state index in [9.17, 15) is 4.79 Å². The van der Waals surface area contributed by atoms with Crippen molar-refractivity contribution in [2.45, 2.75) is 6.42 Å². The van der Waals surface area contributed by atoms with E-state index in [0.29, 0.717) is 37.4 Å². The van der Waals surface area contributed by atoms with Crippen molar-refractivity contribution in [3.8, 4) is 0 Å². The van der Waals surface area contributed by atoms with E-state index in [-0.39, 0.29) is 12.5 Å². The molecule has 1 aromatic carbocycles. The van der Waals surface area contributed by atoms with Crippen LogP contribution in [0.5, 0.6) is 0 Å². The Kier molecular flexibility index (Phi) is 6.70. The van der Waals surface area contributed by atoms with Gasteiger partial charge in [0.1, 0.15) is 0 Å². The third-order valence-electron chi connectivity index (χ3n) is 2.17. The number of hydrogen-bond donors (Lipinski definition) is 3. The molecular weight excluding hydrogens is 300 g/mol. The highest BCUT2D eigenvalue weighted by Crippen LogP contribution is 2.17. The number of aliphatic hydroxyl groups is 1. The van der Waals surface area contributed by atoms with Gasteiger partial charge in [-0.15, -0.1) is 0 Å². The lowest BCUT2D eigenvalue weighted by Gasteiger charge is -2.07. The predicted molar refractivity (Wildman–Crippen MR) is 73.4 cm³/mol. The van der Waals surface area contributed by atoms with Crippen LogP contribution < -0.4 is 11.1 Å². The highest BCUT2D eigenvalue weighted by atomic mass is 79.9. The number of rotatable bonds is 7. The van der Waals surface area contributed by atoms with E-state index in [1.54, 1.807) is 18.2 Å². The fourth-order valence-corrected chi connectivity index (χ4v) is 1.90. The fraction of sp³-hybridized carbons (Fsp3) is 0.417. The smallest absolute Gasteiger partial charge is 0.251 e. The number of nitrogens with two attached hydrogens (primary N) is 1. The van der Waals surface area contributed by atoms with E-state index in [1.165, 1.54) is 0 Å². The van der Waals surface area contributed by atoms with Crippen LogP contribution in [0.1, 0.15) is 16.8 Å². The maximum Gasteiger partial charge on any atom is 0.251 e. The van der Waals surface area contributed by atoms with Crippen molar-refractivity contribution in [1.29, 1.82) is 0 Å². The van der Waals surface area contributed by atoms with Crippen molar-refractivity contribution in [1.82, 2.24) is 5.32 Å². The molecule has 0 aromatic heterocycles. The van der Waals surface area contributed by atoms with Crippen LogP contribution in [0.2, 0.25) is 0 Å². The van der Waals surface area contributed by atoms with Gasteiger partial charge in [-0.1, -0.05) is 15.9 Å². The zero-order chi connectivity index (χ0) is 13.4. The molecule has 0 spiro atoms. The van der Waals surface area contributed by atoms with Gasteiger partial charge in [-0.2, -0.15) is 0 Å². The molecule has 100 valence electrons. The molecule has 0 saturated carbocycles. The zero-order valence-corrected chi connectivity index (χ0v) is 11.6. The molecule has 0 fully saturated rings. The van der Waals surface area contributed by atoms with Crippen LogP contribution in [0.25, 0.3) is 0 Å². The van der Waals surface area contributed by atoms with Crippen LogP contribution in [0.4, 0.5) is 5.69 Å². The summed E-state index contributed by atoms with van der Waals surface area (Å²) in [6.45, 7) is 1.39. The molecule has 18 heavy (non-hydrogen) atoms. The van der Waals surface area contributed by atoms with Gasteiger partial charge in [0.15, 0.2) is 0 Å². The second-order valence-corrected chi connectivity index (χ2v) is 4.63. The van der Waals surface area contributed by atoms with Crippen LogP contribution in [0.15, 0.2) is 22.7 Å². The Morgan fingerprint density at radius 3 is 2.83 bits per heavy atom. The largest absolute Gasteiger partial charge is 0.399 e. The number of benzene rings is 1. The van der Waals surface area contributed by atoms with Gasteiger partial charge in [-0.3, -0.25) is 4.79 Å². The number of carbonyl (C=O) groups excluding carboxylic acids is 1. The zero-order valence-electron chi connectivity index (χ0n) is 9.99. The number of ether oxygens (including phenoxy) is 1. The molecule has 0 radical (unpaired) electrons.